The number of aromatic carboxylic acids is 2. The van der Waals surface area contributed by atoms with Crippen molar-refractivity contribution in [3.63, 3.8) is 0 Å². The fourth-order valence-corrected chi connectivity index (χ4v) is 3.01. The molecule has 0 amide bonds. The lowest BCUT2D eigenvalue weighted by atomic mass is 10.2. The van der Waals surface area contributed by atoms with E-state index in [1.807, 2.05) is 0 Å². The third kappa shape index (κ3) is 5.29. The van der Waals surface area contributed by atoms with Gasteiger partial charge in [0.05, 0.1) is 0 Å². The topological polar surface area (TPSA) is 102 Å². The average molecular weight is 442 g/mol. The highest BCUT2D eigenvalue weighted by atomic mass is 16.5. The van der Waals surface area contributed by atoms with Crippen molar-refractivity contribution in [3.05, 3.63) is 108 Å². The van der Waals surface area contributed by atoms with Crippen LogP contribution in [0.4, 0.5) is 0 Å². The summed E-state index contributed by atoms with van der Waals surface area (Å²) in [5, 5.41) is 18.5. The Balaban J connectivity index is 1.41. The first-order chi connectivity index (χ1) is 16.0. The van der Waals surface area contributed by atoms with Crippen LogP contribution in [-0.2, 0) is 0 Å². The summed E-state index contributed by atoms with van der Waals surface area (Å²) in [4.78, 5) is 22.6. The van der Waals surface area contributed by atoms with Crippen molar-refractivity contribution >= 4 is 11.9 Å². The second-order valence-corrected chi connectivity index (χ2v) is 6.85. The van der Waals surface area contributed by atoms with Gasteiger partial charge in [-0.05, 0) is 72.8 Å². The first kappa shape index (κ1) is 21.5. The van der Waals surface area contributed by atoms with Crippen molar-refractivity contribution < 1.29 is 34.0 Å². The van der Waals surface area contributed by atoms with Crippen LogP contribution in [0.25, 0.3) is 0 Å². The third-order valence-corrected chi connectivity index (χ3v) is 4.57. The molecule has 4 aromatic rings. The molecule has 0 saturated carbocycles. The zero-order valence-electron chi connectivity index (χ0n) is 17.2. The number of ether oxygens (including phenoxy) is 3. The lowest BCUT2D eigenvalue weighted by molar-refractivity contribution is 0.0683. The maximum atomic E-state index is 11.3. The molecule has 33 heavy (non-hydrogen) atoms. The molecule has 0 aliphatic heterocycles. The van der Waals surface area contributed by atoms with Gasteiger partial charge in [0.25, 0.3) is 0 Å². The van der Waals surface area contributed by atoms with Gasteiger partial charge in [0.15, 0.2) is 0 Å². The molecule has 0 atom stereocenters. The number of carbonyl (C=O) groups is 2. The van der Waals surface area contributed by atoms with Crippen LogP contribution in [0, 0.1) is 0 Å². The van der Waals surface area contributed by atoms with Gasteiger partial charge in [-0.3, -0.25) is 0 Å². The predicted molar refractivity (Wildman–Crippen MR) is 120 cm³/mol. The van der Waals surface area contributed by atoms with E-state index in [0.717, 1.165) is 0 Å². The maximum absolute atomic E-state index is 11.3. The maximum Gasteiger partial charge on any atom is 0.339 e. The quantitative estimate of drug-likeness (QED) is 0.323. The fourth-order valence-electron chi connectivity index (χ4n) is 3.01. The first-order valence-electron chi connectivity index (χ1n) is 9.88. The molecule has 0 spiro atoms. The molecule has 4 aromatic carbocycles. The molecular weight excluding hydrogens is 424 g/mol. The molecule has 7 nitrogen and oxygen atoms in total. The molecule has 0 aliphatic rings. The second-order valence-electron chi connectivity index (χ2n) is 6.85. The summed E-state index contributed by atoms with van der Waals surface area (Å²) >= 11 is 0. The molecule has 0 heterocycles. The zero-order valence-corrected chi connectivity index (χ0v) is 17.2. The smallest absolute Gasteiger partial charge is 0.339 e. The molecule has 0 fully saturated rings. The number of hydrogen-bond acceptors (Lipinski definition) is 5. The third-order valence-electron chi connectivity index (χ3n) is 4.57. The standard InChI is InChI=1S/C26H18O7/c27-25(28)21-5-1-3-7-23(21)32-19-13-9-17(10-14-19)31-18-11-15-20(16-12-18)33-24-8-4-2-6-22(24)26(29)30/h1-16H,(H,27,28)(H,29,30). The minimum Gasteiger partial charge on any atom is -0.478 e. The van der Waals surface area contributed by atoms with Crippen LogP contribution in [-0.4, -0.2) is 22.2 Å². The fraction of sp³-hybridized carbons (Fsp3) is 0. The molecule has 0 aliphatic carbocycles. The molecule has 0 bridgehead atoms. The van der Waals surface area contributed by atoms with Crippen LogP contribution in [0.15, 0.2) is 97.1 Å². The van der Waals surface area contributed by atoms with E-state index in [9.17, 15) is 19.8 Å². The molecular formula is C26H18O7. The van der Waals surface area contributed by atoms with Gasteiger partial charge >= 0.3 is 11.9 Å². The molecule has 4 rings (SSSR count). The van der Waals surface area contributed by atoms with Gasteiger partial charge in [0.2, 0.25) is 0 Å². The lowest BCUT2D eigenvalue weighted by Crippen LogP contribution is -1.99. The molecule has 0 unspecified atom stereocenters. The van der Waals surface area contributed by atoms with E-state index in [0.29, 0.717) is 23.0 Å². The van der Waals surface area contributed by atoms with Gasteiger partial charge in [-0.25, -0.2) is 9.59 Å². The zero-order chi connectivity index (χ0) is 23.2. The van der Waals surface area contributed by atoms with Gasteiger partial charge in [0.1, 0.15) is 45.6 Å². The highest BCUT2D eigenvalue weighted by molar-refractivity contribution is 5.91. The van der Waals surface area contributed by atoms with Gasteiger partial charge in [-0.1, -0.05) is 24.3 Å². The number of carboxylic acids is 2. The Kier molecular flexibility index (Phi) is 6.22. The van der Waals surface area contributed by atoms with Crippen LogP contribution in [0.3, 0.4) is 0 Å². The van der Waals surface area contributed by atoms with Gasteiger partial charge in [-0.15, -0.1) is 0 Å². The molecule has 0 radical (unpaired) electrons. The molecule has 7 heteroatoms. The van der Waals surface area contributed by atoms with Crippen LogP contribution in [0.2, 0.25) is 0 Å². The van der Waals surface area contributed by atoms with Crippen LogP contribution < -0.4 is 14.2 Å². The second kappa shape index (κ2) is 9.57. The SMILES string of the molecule is O=C(O)c1ccccc1Oc1ccc(Oc2ccc(Oc3ccccc3C(=O)O)cc2)cc1. The highest BCUT2D eigenvalue weighted by Gasteiger charge is 2.12. The Bertz CT molecular complexity index is 1180. The van der Waals surface area contributed by atoms with E-state index in [-0.39, 0.29) is 22.6 Å². The summed E-state index contributed by atoms with van der Waals surface area (Å²) in [7, 11) is 0. The van der Waals surface area contributed by atoms with E-state index in [4.69, 9.17) is 14.2 Å². The molecule has 0 aromatic heterocycles. The van der Waals surface area contributed by atoms with Gasteiger partial charge < -0.3 is 24.4 Å². The van der Waals surface area contributed by atoms with E-state index in [1.165, 1.54) is 12.1 Å². The van der Waals surface area contributed by atoms with E-state index >= 15 is 0 Å². The van der Waals surface area contributed by atoms with E-state index < -0.39 is 11.9 Å². The van der Waals surface area contributed by atoms with Gasteiger partial charge in [-0.2, -0.15) is 0 Å². The number of hydrogen-bond donors (Lipinski definition) is 2. The Morgan fingerprint density at radius 3 is 1.09 bits per heavy atom. The van der Waals surface area contributed by atoms with Crippen LogP contribution >= 0.6 is 0 Å². The Hall–Kier alpha value is -4.78. The Morgan fingerprint density at radius 2 is 0.758 bits per heavy atom. The normalized spacial score (nSPS) is 10.3. The predicted octanol–water partition coefficient (Wildman–Crippen LogP) is 6.46. The van der Waals surface area contributed by atoms with Crippen molar-refractivity contribution in [2.45, 2.75) is 0 Å². The van der Waals surface area contributed by atoms with Crippen LogP contribution in [0.1, 0.15) is 20.7 Å². The summed E-state index contributed by atoms with van der Waals surface area (Å²) in [5.74, 6) is 0.414. The summed E-state index contributed by atoms with van der Waals surface area (Å²) < 4.78 is 17.2. The number of para-hydroxylation sites is 2. The summed E-state index contributed by atoms with van der Waals surface area (Å²) in [5.41, 5.74) is 0.150. The van der Waals surface area contributed by atoms with Gasteiger partial charge in [0, 0.05) is 0 Å². The Morgan fingerprint density at radius 1 is 0.455 bits per heavy atom. The van der Waals surface area contributed by atoms with Crippen LogP contribution in [0.5, 0.6) is 34.5 Å². The Labute approximate surface area is 189 Å². The molecule has 164 valence electrons. The molecule has 2 N–H and O–H groups in total. The number of benzene rings is 4. The minimum atomic E-state index is -1.07. The summed E-state index contributed by atoms with van der Waals surface area (Å²) in [6.07, 6.45) is 0. The number of carboxylic acid groups (broad SMARTS) is 2. The monoisotopic (exact) mass is 442 g/mol. The van der Waals surface area contributed by atoms with Crippen molar-refractivity contribution in [1.29, 1.82) is 0 Å². The highest BCUT2D eigenvalue weighted by Crippen LogP contribution is 2.31. The van der Waals surface area contributed by atoms with Crippen molar-refractivity contribution in [3.8, 4) is 34.5 Å². The largest absolute Gasteiger partial charge is 0.478 e. The van der Waals surface area contributed by atoms with Crippen molar-refractivity contribution in [2.24, 2.45) is 0 Å². The lowest BCUT2D eigenvalue weighted by Gasteiger charge is -2.11. The summed E-state index contributed by atoms with van der Waals surface area (Å²) in [6, 6.07) is 26.3. The molecule has 0 saturated heterocycles. The van der Waals surface area contributed by atoms with E-state index in [1.54, 1.807) is 84.9 Å². The van der Waals surface area contributed by atoms with Crippen molar-refractivity contribution in [1.82, 2.24) is 0 Å². The van der Waals surface area contributed by atoms with E-state index in [2.05, 4.69) is 0 Å². The minimum absolute atomic E-state index is 0.0751. The summed E-state index contributed by atoms with van der Waals surface area (Å²) in [6.45, 7) is 0. The number of rotatable bonds is 8. The first-order valence-corrected chi connectivity index (χ1v) is 9.88. The average Bonchev–Trinajstić information content (AvgIpc) is 2.82. The van der Waals surface area contributed by atoms with Crippen molar-refractivity contribution in [2.75, 3.05) is 0 Å².